The largest absolute Gasteiger partial charge is 0.541 e. The molecule has 1 aromatic heterocycles. The number of thioether (sulfide) groups is 1. The number of carbonyl (C=O) groups is 8. The number of Topliss-reactive ketones (excluding diaryl/α,β-unsaturated/α-hetero) is 2. The number of hydrogen-bond donors (Lipinski definition) is 2. The second-order valence-electron chi connectivity index (χ2n) is 19.5. The van der Waals surface area contributed by atoms with E-state index in [9.17, 15) is 38.4 Å². The number of β-lactam (4-membered cyclic amide) rings is 1. The molecule has 4 heterocycles. The zero-order valence-corrected chi connectivity index (χ0v) is 46.4. The number of oxime groups is 1. The number of esters is 1. The Balaban J connectivity index is 0.937. The number of carbonyl (C=O) groups excluding carboxylic acids is 8. The summed E-state index contributed by atoms with van der Waals surface area (Å²) >= 11 is 8.93. The van der Waals surface area contributed by atoms with Gasteiger partial charge in [-0.1, -0.05) is 52.8 Å². The number of rotatable bonds is 24. The number of methoxy groups -OCH3 is 2. The smallest absolute Gasteiger partial charge is 0.378 e. The molecule has 22 nitrogen and oxygen atoms in total. The van der Waals surface area contributed by atoms with Crippen LogP contribution in [0.25, 0.3) is 0 Å². The zero-order chi connectivity index (χ0) is 56.7. The van der Waals surface area contributed by atoms with Gasteiger partial charge in [0.25, 0.3) is 5.91 Å². The maximum absolute atomic E-state index is 14.0. The number of fused-ring (bicyclic) bond motifs is 1. The van der Waals surface area contributed by atoms with E-state index < -0.39 is 81.0 Å². The van der Waals surface area contributed by atoms with Crippen LogP contribution < -0.4 is 29.7 Å². The van der Waals surface area contributed by atoms with Crippen molar-refractivity contribution < 1.29 is 71.5 Å². The second-order valence-corrected chi connectivity index (χ2v) is 22.4. The number of nitrogens with one attached hydrogen (secondary N) is 2. The van der Waals surface area contributed by atoms with Crippen LogP contribution in [-0.4, -0.2) is 143 Å². The van der Waals surface area contributed by atoms with E-state index in [0.717, 1.165) is 32.8 Å². The summed E-state index contributed by atoms with van der Waals surface area (Å²) < 4.78 is 32.8. The SMILES string of the molecule is [B]OC(=O)[C@@]1(N2CCN(NC(=O)C(=O)CCCNC(=O)c3ccc(OCc4ccc(OC)cc4)c(OCc4ccc(OC)cc4)c3Cl)C2=O)CN2C(=O)[C@@H](CC(=O)/C(=N\OC(C)(C)C(=O)OC(C)(C)C)c3csc(C)n3)[C@H]2S1. The van der Waals surface area contributed by atoms with Crippen molar-refractivity contribution in [3.8, 4) is 23.0 Å². The van der Waals surface area contributed by atoms with Gasteiger partial charge in [0, 0.05) is 31.3 Å². The molecule has 0 unspecified atom stereocenters. The van der Waals surface area contributed by atoms with Gasteiger partial charge in [-0.3, -0.25) is 39.1 Å². The molecule has 26 heteroatoms. The van der Waals surface area contributed by atoms with E-state index in [1.165, 1.54) is 36.2 Å². The monoisotopic (exact) mass is 1130 g/mol. The summed E-state index contributed by atoms with van der Waals surface area (Å²) in [4.78, 5) is 118. The van der Waals surface area contributed by atoms with Gasteiger partial charge < -0.3 is 43.4 Å². The van der Waals surface area contributed by atoms with Gasteiger partial charge in [0.1, 0.15) is 36.0 Å². The quantitative estimate of drug-likeness (QED) is 0.0167. The number of thiazole rings is 1. The number of ketones is 2. The molecule has 3 aliphatic heterocycles. The van der Waals surface area contributed by atoms with E-state index in [4.69, 9.17) is 48.2 Å². The molecule has 0 bridgehead atoms. The van der Waals surface area contributed by atoms with E-state index >= 15 is 0 Å². The molecule has 3 atom stereocenters. The minimum Gasteiger partial charge on any atom is -0.541 e. The van der Waals surface area contributed by atoms with Crippen molar-refractivity contribution in [2.24, 2.45) is 11.1 Å². The highest BCUT2D eigenvalue weighted by molar-refractivity contribution is 8.02. The molecule has 0 aliphatic carbocycles. The average molecular weight is 1130 g/mol. The second kappa shape index (κ2) is 24.5. The van der Waals surface area contributed by atoms with Crippen LogP contribution in [0.3, 0.4) is 0 Å². The fourth-order valence-corrected chi connectivity index (χ4v) is 10.8. The van der Waals surface area contributed by atoms with Crippen LogP contribution in [0.5, 0.6) is 23.0 Å². The van der Waals surface area contributed by atoms with Gasteiger partial charge >= 0.3 is 31.9 Å². The molecule has 3 saturated heterocycles. The molecule has 3 aromatic carbocycles. The van der Waals surface area contributed by atoms with Crippen molar-refractivity contribution in [1.29, 1.82) is 0 Å². The van der Waals surface area contributed by atoms with Crippen LogP contribution in [-0.2, 0) is 56.2 Å². The molecule has 4 aromatic rings. The summed E-state index contributed by atoms with van der Waals surface area (Å²) in [7, 11) is 8.52. The van der Waals surface area contributed by atoms with Crippen LogP contribution in [0.2, 0.25) is 5.02 Å². The van der Waals surface area contributed by atoms with Crippen molar-refractivity contribution in [3.05, 3.63) is 98.5 Å². The molecule has 7 rings (SSSR count). The third-order valence-corrected chi connectivity index (χ3v) is 15.2. The van der Waals surface area contributed by atoms with Gasteiger partial charge in [-0.2, -0.15) is 0 Å². The number of benzene rings is 3. The Morgan fingerprint density at radius 2 is 1.53 bits per heavy atom. The predicted molar refractivity (Wildman–Crippen MR) is 285 cm³/mol. The molecule has 2 N–H and O–H groups in total. The van der Waals surface area contributed by atoms with Crippen molar-refractivity contribution in [1.82, 2.24) is 30.5 Å². The zero-order valence-electron chi connectivity index (χ0n) is 44.0. The Kier molecular flexibility index (Phi) is 18.3. The first kappa shape index (κ1) is 58.3. The van der Waals surface area contributed by atoms with Crippen LogP contribution >= 0.6 is 34.7 Å². The van der Waals surface area contributed by atoms with Crippen molar-refractivity contribution in [2.45, 2.75) is 95.5 Å². The van der Waals surface area contributed by atoms with E-state index in [0.29, 0.717) is 16.5 Å². The Hall–Kier alpha value is -7.38. The molecule has 2 radical (unpaired) electrons. The van der Waals surface area contributed by atoms with Crippen LogP contribution in [0, 0.1) is 12.8 Å². The minimum absolute atomic E-state index is 0.0183. The third kappa shape index (κ3) is 13.3. The van der Waals surface area contributed by atoms with Crippen LogP contribution in [0.15, 0.2) is 71.2 Å². The summed E-state index contributed by atoms with van der Waals surface area (Å²) in [5.74, 6) is -4.89. The Labute approximate surface area is 464 Å². The van der Waals surface area contributed by atoms with Gasteiger partial charge in [-0.25, -0.2) is 19.6 Å². The first-order valence-electron chi connectivity index (χ1n) is 24.4. The average Bonchev–Trinajstić information content (AvgIpc) is 3.99. The molecule has 0 saturated carbocycles. The minimum atomic E-state index is -1.91. The molecular weight excluding hydrogens is 1070 g/mol. The van der Waals surface area contributed by atoms with Crippen molar-refractivity contribution in [2.75, 3.05) is 40.4 Å². The van der Waals surface area contributed by atoms with Crippen LogP contribution in [0.4, 0.5) is 4.79 Å². The number of halogens is 1. The number of urea groups is 1. The topological polar surface area (TPSA) is 260 Å². The van der Waals surface area contributed by atoms with E-state index in [-0.39, 0.29) is 85.7 Å². The lowest BCUT2D eigenvalue weighted by molar-refractivity contribution is -0.179. The molecule has 5 amide bonds. The number of hydrazine groups is 1. The number of aromatic nitrogens is 1. The predicted octanol–water partition coefficient (Wildman–Crippen LogP) is 5.48. The maximum Gasteiger partial charge on any atom is 0.378 e. The number of hydrogen-bond acceptors (Lipinski definition) is 19. The van der Waals surface area contributed by atoms with E-state index in [2.05, 4.69) is 25.5 Å². The Morgan fingerprint density at radius 3 is 2.12 bits per heavy atom. The molecule has 412 valence electrons. The van der Waals surface area contributed by atoms with Crippen molar-refractivity contribution in [3.63, 3.8) is 0 Å². The lowest BCUT2D eigenvalue weighted by Crippen LogP contribution is -2.60. The summed E-state index contributed by atoms with van der Waals surface area (Å²) in [6.07, 6.45) is -0.732. The molecule has 0 spiro atoms. The highest BCUT2D eigenvalue weighted by Gasteiger charge is 2.66. The highest BCUT2D eigenvalue weighted by atomic mass is 35.5. The fourth-order valence-electron chi connectivity index (χ4n) is 8.18. The third-order valence-electron chi connectivity index (χ3n) is 12.4. The molecule has 78 heavy (non-hydrogen) atoms. The van der Waals surface area contributed by atoms with Gasteiger partial charge in [-0.15, -0.1) is 11.3 Å². The number of nitrogens with zero attached hydrogens (tertiary/aromatic N) is 5. The lowest BCUT2D eigenvalue weighted by Gasteiger charge is -2.40. The lowest BCUT2D eigenvalue weighted by atomic mass is 9.90. The van der Waals surface area contributed by atoms with Gasteiger partial charge in [0.15, 0.2) is 23.0 Å². The normalized spacial score (nSPS) is 18.1. The number of ether oxygens (including phenoxy) is 5. The van der Waals surface area contributed by atoms with Crippen molar-refractivity contribution >= 4 is 95.7 Å². The van der Waals surface area contributed by atoms with E-state index in [1.54, 1.807) is 77.6 Å². The first-order valence-corrected chi connectivity index (χ1v) is 26.5. The van der Waals surface area contributed by atoms with E-state index in [1.807, 2.05) is 24.3 Å². The molecule has 3 fully saturated rings. The fraction of sp³-hybridized carbons (Fsp3) is 0.423. The number of amides is 5. The van der Waals surface area contributed by atoms with Crippen LogP contribution in [0.1, 0.15) is 86.1 Å². The standard InChI is InChI=1S/C52H57BClN7O15S2/c1-29-56-36(27-77-29)41(58-76-51(5,6)47(67)74-50(2,3)4)38(63)24-35-45(66)59-28-52(48(68)75-53,78-46(35)59)60-22-23-61(49(60)69)57-44(65)37(62)10-9-21-55-43(64)34-19-20-39(72-25-30-11-15-32(70-7)16-12-30)42(40(34)54)73-26-31-13-17-33(71-8)18-14-31/h11-20,27,35,46H,9-10,21-26,28H2,1-8H3,(H,55,64)(H,57,65)/b58-41-/t35-,46-,52-/m1/s1. The highest BCUT2D eigenvalue weighted by Crippen LogP contribution is 2.53. The maximum atomic E-state index is 14.0. The van der Waals surface area contributed by atoms with Gasteiger partial charge in [0.2, 0.25) is 22.2 Å². The summed E-state index contributed by atoms with van der Waals surface area (Å²) in [5, 5.41) is 8.95. The van der Waals surface area contributed by atoms with Gasteiger partial charge in [-0.05, 0) is 95.5 Å². The summed E-state index contributed by atoms with van der Waals surface area (Å²) in [6, 6.07) is 16.6. The first-order chi connectivity index (χ1) is 37.0. The summed E-state index contributed by atoms with van der Waals surface area (Å²) in [5.41, 5.74) is 1.41. The summed E-state index contributed by atoms with van der Waals surface area (Å²) in [6.45, 7) is 9.08. The molecular formula is C52H57BClN7O15S2. The molecule has 3 aliphatic rings. The Morgan fingerprint density at radius 1 is 0.885 bits per heavy atom. The Bertz CT molecular complexity index is 2990. The number of aryl methyl sites for hydroxylation is 1. The van der Waals surface area contributed by atoms with Gasteiger partial charge in [0.05, 0.1) is 54.2 Å².